The minimum absolute atomic E-state index is 0.0905. The van der Waals surface area contributed by atoms with Crippen LogP contribution in [0.4, 0.5) is 4.79 Å². The van der Waals surface area contributed by atoms with Crippen molar-refractivity contribution in [3.63, 3.8) is 0 Å². The molecule has 2 aromatic carbocycles. The monoisotopic (exact) mass is 360 g/mol. The van der Waals surface area contributed by atoms with Gasteiger partial charge in [-0.15, -0.1) is 0 Å². The first-order valence-corrected chi connectivity index (χ1v) is 8.70. The zero-order valence-corrected chi connectivity index (χ0v) is 14.9. The number of nitrogens with one attached hydrogen (secondary N) is 1. The Hall–Kier alpha value is -2.40. The van der Waals surface area contributed by atoms with E-state index in [1.54, 1.807) is 4.90 Å². The Balaban J connectivity index is 1.53. The number of nitrogens with zero attached hydrogens (tertiary/aromatic N) is 1. The number of benzene rings is 2. The maximum Gasteiger partial charge on any atom is 0.317 e. The van der Waals surface area contributed by atoms with Crippen LogP contribution in [0.1, 0.15) is 18.1 Å². The molecular formula is C19H21ClN2O3. The third-order valence-electron chi connectivity index (χ3n) is 4.11. The number of urea groups is 1. The summed E-state index contributed by atoms with van der Waals surface area (Å²) in [5.41, 5.74) is 2.04. The normalized spacial score (nSPS) is 12.1. The second kappa shape index (κ2) is 8.12. The minimum atomic E-state index is -0.0905. The van der Waals surface area contributed by atoms with Crippen LogP contribution in [-0.2, 0) is 13.0 Å². The molecule has 25 heavy (non-hydrogen) atoms. The lowest BCUT2D eigenvalue weighted by Gasteiger charge is -2.21. The number of carbonyl (C=O) groups is 1. The van der Waals surface area contributed by atoms with Gasteiger partial charge < -0.3 is 19.7 Å². The Bertz CT molecular complexity index is 751. The Labute approximate surface area is 152 Å². The fourth-order valence-corrected chi connectivity index (χ4v) is 2.93. The highest BCUT2D eigenvalue weighted by atomic mass is 35.5. The lowest BCUT2D eigenvalue weighted by atomic mass is 10.1. The molecular weight excluding hydrogens is 340 g/mol. The summed E-state index contributed by atoms with van der Waals surface area (Å²) in [6, 6.07) is 13.3. The number of halogens is 1. The number of carbonyl (C=O) groups excluding carboxylic acids is 1. The van der Waals surface area contributed by atoms with Crippen LogP contribution in [-0.4, -0.2) is 30.8 Å². The molecule has 0 aromatic heterocycles. The average molecular weight is 361 g/mol. The van der Waals surface area contributed by atoms with Crippen molar-refractivity contribution >= 4 is 17.6 Å². The van der Waals surface area contributed by atoms with Crippen molar-refractivity contribution in [1.29, 1.82) is 0 Å². The molecule has 1 heterocycles. The molecule has 1 aliphatic rings. The molecule has 3 rings (SSSR count). The molecule has 0 bridgehead atoms. The van der Waals surface area contributed by atoms with Crippen molar-refractivity contribution in [3.05, 3.63) is 58.6 Å². The molecule has 0 saturated heterocycles. The molecule has 132 valence electrons. The van der Waals surface area contributed by atoms with Crippen molar-refractivity contribution in [1.82, 2.24) is 10.2 Å². The summed E-state index contributed by atoms with van der Waals surface area (Å²) in [6.45, 7) is 3.89. The van der Waals surface area contributed by atoms with Gasteiger partial charge in [-0.05, 0) is 42.7 Å². The second-order valence-corrected chi connectivity index (χ2v) is 6.18. The van der Waals surface area contributed by atoms with Crippen LogP contribution in [0.3, 0.4) is 0 Å². The summed E-state index contributed by atoms with van der Waals surface area (Å²) in [6.07, 6.45) is 0.701. The molecule has 1 N–H and O–H groups in total. The molecule has 2 amide bonds. The maximum atomic E-state index is 12.4. The van der Waals surface area contributed by atoms with Crippen LogP contribution in [0.5, 0.6) is 11.5 Å². The van der Waals surface area contributed by atoms with Gasteiger partial charge in [0, 0.05) is 24.7 Å². The molecule has 1 aliphatic heterocycles. The van der Waals surface area contributed by atoms with Crippen LogP contribution < -0.4 is 14.8 Å². The molecule has 0 atom stereocenters. The number of amides is 2. The number of ether oxygens (including phenoxy) is 2. The second-order valence-electron chi connectivity index (χ2n) is 5.78. The van der Waals surface area contributed by atoms with E-state index in [2.05, 4.69) is 5.32 Å². The van der Waals surface area contributed by atoms with E-state index in [4.69, 9.17) is 21.1 Å². The Morgan fingerprint density at radius 1 is 1.20 bits per heavy atom. The van der Waals surface area contributed by atoms with Gasteiger partial charge in [0.25, 0.3) is 0 Å². The summed E-state index contributed by atoms with van der Waals surface area (Å²) < 4.78 is 10.7. The SMILES string of the molecule is CCN(Cc1ccc2c(c1)OCO2)C(=O)NCCc1ccccc1Cl. The van der Waals surface area contributed by atoms with Crippen LogP contribution in [0.25, 0.3) is 0 Å². The molecule has 0 radical (unpaired) electrons. The zero-order valence-electron chi connectivity index (χ0n) is 14.1. The standard InChI is InChI=1S/C19H21ClN2O3/c1-2-22(12-14-7-8-17-18(11-14)25-13-24-17)19(23)21-10-9-15-5-3-4-6-16(15)20/h3-8,11H,2,9-10,12-13H2,1H3,(H,21,23). The van der Waals surface area contributed by atoms with E-state index in [9.17, 15) is 4.79 Å². The largest absolute Gasteiger partial charge is 0.454 e. The Morgan fingerprint density at radius 2 is 2.00 bits per heavy atom. The van der Waals surface area contributed by atoms with Crippen molar-refractivity contribution in [2.24, 2.45) is 0 Å². The van der Waals surface area contributed by atoms with Gasteiger partial charge in [-0.2, -0.15) is 0 Å². The van der Waals surface area contributed by atoms with Gasteiger partial charge >= 0.3 is 6.03 Å². The molecule has 6 heteroatoms. The highest BCUT2D eigenvalue weighted by molar-refractivity contribution is 6.31. The lowest BCUT2D eigenvalue weighted by molar-refractivity contribution is 0.173. The van der Waals surface area contributed by atoms with Gasteiger partial charge in [0.15, 0.2) is 11.5 Å². The average Bonchev–Trinajstić information content (AvgIpc) is 3.09. The minimum Gasteiger partial charge on any atom is -0.454 e. The van der Waals surface area contributed by atoms with Gasteiger partial charge in [0.2, 0.25) is 6.79 Å². The predicted molar refractivity (Wildman–Crippen MR) is 97.2 cm³/mol. The smallest absolute Gasteiger partial charge is 0.317 e. The number of hydrogen-bond donors (Lipinski definition) is 1. The first-order valence-electron chi connectivity index (χ1n) is 8.32. The van der Waals surface area contributed by atoms with Crippen LogP contribution in [0.15, 0.2) is 42.5 Å². The van der Waals surface area contributed by atoms with E-state index in [0.29, 0.717) is 26.1 Å². The highest BCUT2D eigenvalue weighted by Crippen LogP contribution is 2.32. The van der Waals surface area contributed by atoms with Crippen LogP contribution >= 0.6 is 11.6 Å². The molecule has 2 aromatic rings. The van der Waals surface area contributed by atoms with E-state index in [1.165, 1.54) is 0 Å². The number of fused-ring (bicyclic) bond motifs is 1. The summed E-state index contributed by atoms with van der Waals surface area (Å²) in [4.78, 5) is 14.2. The van der Waals surface area contributed by atoms with Crippen molar-refractivity contribution < 1.29 is 14.3 Å². The van der Waals surface area contributed by atoms with Crippen LogP contribution in [0.2, 0.25) is 5.02 Å². The Morgan fingerprint density at radius 3 is 2.80 bits per heavy atom. The molecule has 0 unspecified atom stereocenters. The van der Waals surface area contributed by atoms with Gasteiger partial charge in [0.05, 0.1) is 0 Å². The fourth-order valence-electron chi connectivity index (χ4n) is 2.70. The molecule has 0 saturated carbocycles. The summed E-state index contributed by atoms with van der Waals surface area (Å²) in [5.74, 6) is 1.48. The quantitative estimate of drug-likeness (QED) is 0.851. The Kier molecular flexibility index (Phi) is 5.66. The highest BCUT2D eigenvalue weighted by Gasteiger charge is 2.16. The molecule has 0 spiro atoms. The van der Waals surface area contributed by atoms with E-state index in [0.717, 1.165) is 27.6 Å². The predicted octanol–water partition coefficient (Wildman–Crippen LogP) is 3.84. The fraction of sp³-hybridized carbons (Fsp3) is 0.316. The third-order valence-corrected chi connectivity index (χ3v) is 4.48. The topological polar surface area (TPSA) is 50.8 Å². The first-order chi connectivity index (χ1) is 12.2. The van der Waals surface area contributed by atoms with Gasteiger partial charge in [0.1, 0.15) is 0 Å². The maximum absolute atomic E-state index is 12.4. The van der Waals surface area contributed by atoms with E-state index in [1.807, 2.05) is 49.4 Å². The molecule has 5 nitrogen and oxygen atoms in total. The number of hydrogen-bond acceptors (Lipinski definition) is 3. The third kappa shape index (κ3) is 4.37. The van der Waals surface area contributed by atoms with Gasteiger partial charge in [-0.1, -0.05) is 35.9 Å². The van der Waals surface area contributed by atoms with Gasteiger partial charge in [-0.3, -0.25) is 0 Å². The first kappa shape index (κ1) is 17.4. The lowest BCUT2D eigenvalue weighted by Crippen LogP contribution is -2.40. The van der Waals surface area contributed by atoms with E-state index < -0.39 is 0 Å². The van der Waals surface area contributed by atoms with Crippen molar-refractivity contribution in [2.45, 2.75) is 19.9 Å². The van der Waals surface area contributed by atoms with E-state index in [-0.39, 0.29) is 12.8 Å². The molecule has 0 aliphatic carbocycles. The molecule has 0 fully saturated rings. The summed E-state index contributed by atoms with van der Waals surface area (Å²) in [7, 11) is 0. The summed E-state index contributed by atoms with van der Waals surface area (Å²) >= 11 is 6.14. The van der Waals surface area contributed by atoms with E-state index >= 15 is 0 Å². The number of rotatable bonds is 6. The van der Waals surface area contributed by atoms with Gasteiger partial charge in [-0.25, -0.2) is 4.79 Å². The summed E-state index contributed by atoms with van der Waals surface area (Å²) in [5, 5.41) is 3.68. The van der Waals surface area contributed by atoms with Crippen LogP contribution in [0, 0.1) is 0 Å². The van der Waals surface area contributed by atoms with Crippen molar-refractivity contribution in [2.75, 3.05) is 19.9 Å². The zero-order chi connectivity index (χ0) is 17.6. The van der Waals surface area contributed by atoms with Crippen molar-refractivity contribution in [3.8, 4) is 11.5 Å².